The van der Waals surface area contributed by atoms with Crippen molar-refractivity contribution in [1.82, 2.24) is 4.31 Å². The van der Waals surface area contributed by atoms with E-state index in [0.717, 1.165) is 21.0 Å². The van der Waals surface area contributed by atoms with Crippen LogP contribution in [0.2, 0.25) is 0 Å². The Kier molecular flexibility index (Phi) is 7.72. The predicted octanol–water partition coefficient (Wildman–Crippen LogP) is 5.65. The highest BCUT2D eigenvalue weighted by Crippen LogP contribution is 2.27. The fourth-order valence-electron chi connectivity index (χ4n) is 3.77. The third-order valence-electron chi connectivity index (χ3n) is 5.21. The third-order valence-corrected chi connectivity index (χ3v) is 7.80. The largest absolute Gasteiger partial charge is 0.322 e. The molecule has 8 heteroatoms. The molecule has 0 radical (unpaired) electrons. The van der Waals surface area contributed by atoms with E-state index in [0.29, 0.717) is 15.6 Å². The van der Waals surface area contributed by atoms with Gasteiger partial charge in [-0.05, 0) is 62.6 Å². The molecule has 0 aliphatic carbocycles. The maximum absolute atomic E-state index is 14.2. The van der Waals surface area contributed by atoms with Gasteiger partial charge in [-0.2, -0.15) is 4.31 Å². The van der Waals surface area contributed by atoms with Crippen molar-refractivity contribution in [2.45, 2.75) is 39.1 Å². The number of benzene rings is 3. The number of rotatable bonds is 7. The van der Waals surface area contributed by atoms with Crippen molar-refractivity contribution >= 4 is 37.5 Å². The molecule has 1 N–H and O–H groups in total. The van der Waals surface area contributed by atoms with Gasteiger partial charge < -0.3 is 5.32 Å². The van der Waals surface area contributed by atoms with Crippen LogP contribution >= 0.6 is 15.9 Å². The maximum Gasteiger partial charge on any atom is 0.244 e. The summed E-state index contributed by atoms with van der Waals surface area (Å²) in [6.45, 7) is 6.88. The van der Waals surface area contributed by atoms with Gasteiger partial charge >= 0.3 is 0 Å². The smallest absolute Gasteiger partial charge is 0.244 e. The molecule has 0 saturated carbocycles. The van der Waals surface area contributed by atoms with Gasteiger partial charge in [0.2, 0.25) is 15.9 Å². The van der Waals surface area contributed by atoms with Gasteiger partial charge in [0, 0.05) is 11.0 Å². The number of hydrogen-bond acceptors (Lipinski definition) is 3. The van der Waals surface area contributed by atoms with Crippen LogP contribution in [0.1, 0.15) is 27.8 Å². The minimum atomic E-state index is -4.02. The Morgan fingerprint density at radius 2 is 1.55 bits per heavy atom. The standard InChI is InChI=1S/C25H26BrFN2O3S/c1-16-5-7-20(8-6-16)14-29(15-24(30)28-23-10-9-21(26)13-22(23)27)33(31,32)25-18(3)11-17(2)12-19(25)4/h5-13H,14-15H2,1-4H3,(H,28,30). The van der Waals surface area contributed by atoms with Gasteiger partial charge in [-0.1, -0.05) is 63.5 Å². The van der Waals surface area contributed by atoms with E-state index >= 15 is 0 Å². The summed E-state index contributed by atoms with van der Waals surface area (Å²) in [7, 11) is -4.02. The van der Waals surface area contributed by atoms with E-state index in [4.69, 9.17) is 0 Å². The number of hydrogen-bond donors (Lipinski definition) is 1. The molecule has 3 aromatic carbocycles. The molecule has 0 atom stereocenters. The number of carbonyl (C=O) groups is 1. The number of sulfonamides is 1. The summed E-state index contributed by atoms with van der Waals surface area (Å²) >= 11 is 3.18. The second-order valence-corrected chi connectivity index (χ2v) is 10.9. The summed E-state index contributed by atoms with van der Waals surface area (Å²) in [5.74, 6) is -1.25. The normalized spacial score (nSPS) is 11.6. The SMILES string of the molecule is Cc1ccc(CN(CC(=O)Nc2ccc(Br)cc2F)S(=O)(=O)c2c(C)cc(C)cc2C)cc1. The fraction of sp³-hybridized carbons (Fsp3) is 0.240. The van der Waals surface area contributed by atoms with Crippen molar-refractivity contribution < 1.29 is 17.6 Å². The molecule has 1 amide bonds. The molecular formula is C25H26BrFN2O3S. The number of anilines is 1. The van der Waals surface area contributed by atoms with Crippen LogP contribution in [0.4, 0.5) is 10.1 Å². The van der Waals surface area contributed by atoms with Gasteiger partial charge in [0.1, 0.15) is 5.82 Å². The zero-order valence-corrected chi connectivity index (χ0v) is 21.3. The van der Waals surface area contributed by atoms with Crippen molar-refractivity contribution in [3.8, 4) is 0 Å². The summed E-state index contributed by atoms with van der Waals surface area (Å²) < 4.78 is 43.3. The summed E-state index contributed by atoms with van der Waals surface area (Å²) in [6.07, 6.45) is 0. The first-order valence-corrected chi connectivity index (χ1v) is 12.6. The Labute approximate surface area is 202 Å². The molecule has 33 heavy (non-hydrogen) atoms. The minimum absolute atomic E-state index is 0.00557. The summed E-state index contributed by atoms with van der Waals surface area (Å²) in [5.41, 5.74) is 3.95. The van der Waals surface area contributed by atoms with Crippen molar-refractivity contribution in [2.75, 3.05) is 11.9 Å². The molecule has 0 unspecified atom stereocenters. The Bertz CT molecular complexity index is 1270. The third kappa shape index (κ3) is 6.07. The molecule has 3 aromatic rings. The van der Waals surface area contributed by atoms with E-state index in [9.17, 15) is 17.6 Å². The van der Waals surface area contributed by atoms with E-state index in [2.05, 4.69) is 21.2 Å². The zero-order chi connectivity index (χ0) is 24.3. The molecular weight excluding hydrogens is 507 g/mol. The second kappa shape index (κ2) is 10.2. The van der Waals surface area contributed by atoms with Gasteiger partial charge in [-0.15, -0.1) is 0 Å². The van der Waals surface area contributed by atoms with Crippen LogP contribution in [-0.2, 0) is 21.4 Å². The van der Waals surface area contributed by atoms with Crippen LogP contribution in [0, 0.1) is 33.5 Å². The highest BCUT2D eigenvalue weighted by Gasteiger charge is 2.30. The second-order valence-electron chi connectivity index (χ2n) is 8.16. The monoisotopic (exact) mass is 532 g/mol. The van der Waals surface area contributed by atoms with Crippen molar-refractivity contribution in [3.05, 3.63) is 92.7 Å². The predicted molar refractivity (Wildman–Crippen MR) is 132 cm³/mol. The first-order chi connectivity index (χ1) is 15.5. The number of aryl methyl sites for hydroxylation is 4. The number of nitrogens with one attached hydrogen (secondary N) is 1. The molecule has 174 valence electrons. The average Bonchev–Trinajstić information content (AvgIpc) is 2.70. The van der Waals surface area contributed by atoms with E-state index < -0.39 is 28.3 Å². The zero-order valence-electron chi connectivity index (χ0n) is 18.9. The van der Waals surface area contributed by atoms with Gasteiger partial charge in [0.15, 0.2) is 0 Å². The number of carbonyl (C=O) groups excluding carboxylic acids is 1. The quantitative estimate of drug-likeness (QED) is 0.427. The lowest BCUT2D eigenvalue weighted by molar-refractivity contribution is -0.116. The van der Waals surface area contributed by atoms with E-state index in [1.165, 1.54) is 12.1 Å². The van der Waals surface area contributed by atoms with Crippen LogP contribution in [0.5, 0.6) is 0 Å². The molecule has 0 spiro atoms. The lowest BCUT2D eigenvalue weighted by atomic mass is 10.1. The molecule has 0 heterocycles. The van der Waals surface area contributed by atoms with Crippen molar-refractivity contribution in [1.29, 1.82) is 0 Å². The van der Waals surface area contributed by atoms with Crippen molar-refractivity contribution in [3.63, 3.8) is 0 Å². The van der Waals surface area contributed by atoms with E-state index in [-0.39, 0.29) is 17.1 Å². The molecule has 0 aliphatic heterocycles. The highest BCUT2D eigenvalue weighted by molar-refractivity contribution is 9.10. The number of nitrogens with zero attached hydrogens (tertiary/aromatic N) is 1. The molecule has 0 fully saturated rings. The Hall–Kier alpha value is -2.55. The molecule has 0 saturated heterocycles. The van der Waals surface area contributed by atoms with Crippen LogP contribution in [-0.4, -0.2) is 25.2 Å². The summed E-state index contributed by atoms with van der Waals surface area (Å²) in [6, 6.07) is 15.3. The summed E-state index contributed by atoms with van der Waals surface area (Å²) in [4.78, 5) is 13.0. The molecule has 5 nitrogen and oxygen atoms in total. The molecule has 0 aliphatic rings. The Balaban J connectivity index is 1.97. The van der Waals surface area contributed by atoms with Crippen molar-refractivity contribution in [2.24, 2.45) is 0 Å². The fourth-order valence-corrected chi connectivity index (χ4v) is 5.90. The van der Waals surface area contributed by atoms with E-state index in [1.54, 1.807) is 32.0 Å². The van der Waals surface area contributed by atoms with Gasteiger partial charge in [0.05, 0.1) is 17.1 Å². The van der Waals surface area contributed by atoms with Gasteiger partial charge in [-0.25, -0.2) is 12.8 Å². The molecule has 0 bridgehead atoms. The van der Waals surface area contributed by atoms with E-state index in [1.807, 2.05) is 38.1 Å². The topological polar surface area (TPSA) is 66.5 Å². The van der Waals surface area contributed by atoms with Crippen LogP contribution in [0.25, 0.3) is 0 Å². The van der Waals surface area contributed by atoms with Crippen LogP contribution in [0.15, 0.2) is 64.0 Å². The first kappa shape index (κ1) is 25.1. The first-order valence-electron chi connectivity index (χ1n) is 10.4. The minimum Gasteiger partial charge on any atom is -0.322 e. The maximum atomic E-state index is 14.2. The van der Waals surface area contributed by atoms with Crippen LogP contribution < -0.4 is 5.32 Å². The number of halogens is 2. The lowest BCUT2D eigenvalue weighted by Gasteiger charge is -2.24. The number of amides is 1. The lowest BCUT2D eigenvalue weighted by Crippen LogP contribution is -2.38. The van der Waals surface area contributed by atoms with Gasteiger partial charge in [-0.3, -0.25) is 4.79 Å². The average molecular weight is 533 g/mol. The Morgan fingerprint density at radius 3 is 2.12 bits per heavy atom. The Morgan fingerprint density at radius 1 is 0.939 bits per heavy atom. The summed E-state index contributed by atoms with van der Waals surface area (Å²) in [5, 5.41) is 2.48. The highest BCUT2D eigenvalue weighted by atomic mass is 79.9. The molecule has 0 aromatic heterocycles. The van der Waals surface area contributed by atoms with Gasteiger partial charge in [0.25, 0.3) is 0 Å². The molecule has 3 rings (SSSR count). The van der Waals surface area contributed by atoms with Crippen LogP contribution in [0.3, 0.4) is 0 Å².